The van der Waals surface area contributed by atoms with E-state index in [4.69, 9.17) is 27.9 Å². The molecule has 4 rings (SSSR count). The topological polar surface area (TPSA) is 133 Å². The molecule has 226 valence electrons. The van der Waals surface area contributed by atoms with E-state index in [9.17, 15) is 26.7 Å². The predicted molar refractivity (Wildman–Crippen MR) is 161 cm³/mol. The Labute approximate surface area is 255 Å². The number of ether oxygens (including phenoxy) is 1. The highest BCUT2D eigenvalue weighted by atomic mass is 35.5. The number of fused-ring (bicyclic) bond motifs is 1. The molecule has 0 fully saturated rings. The molecule has 0 bridgehead atoms. The van der Waals surface area contributed by atoms with Gasteiger partial charge in [-0.2, -0.15) is 4.31 Å². The zero-order valence-electron chi connectivity index (χ0n) is 23.1. The number of nitrogens with one attached hydrogen (secondary N) is 1. The average molecular weight is 657 g/mol. The molecule has 0 aromatic heterocycles. The van der Waals surface area contributed by atoms with Crippen LogP contribution in [0.25, 0.3) is 0 Å². The van der Waals surface area contributed by atoms with Crippen LogP contribution >= 0.6 is 23.2 Å². The number of nitrogens with zero attached hydrogens (tertiary/aromatic N) is 2. The summed E-state index contributed by atoms with van der Waals surface area (Å²) >= 11 is 11.8. The summed E-state index contributed by atoms with van der Waals surface area (Å²) in [6.45, 7) is 3.31. The second-order valence-electron chi connectivity index (χ2n) is 10.1. The minimum Gasteiger partial charge on any atom is -0.488 e. The van der Waals surface area contributed by atoms with Gasteiger partial charge in [0, 0.05) is 35.2 Å². The number of hydrogen-bond acceptors (Lipinski definition) is 7. The molecular weight excluding hydrogens is 625 g/mol. The Morgan fingerprint density at radius 1 is 1.00 bits per heavy atom. The summed E-state index contributed by atoms with van der Waals surface area (Å²) in [6, 6.07) is 15.2. The van der Waals surface area contributed by atoms with E-state index < -0.39 is 38.1 Å². The maximum absolute atomic E-state index is 13.7. The lowest BCUT2D eigenvalue weighted by molar-refractivity contribution is 0.0387. The standard InChI is InChI=1S/C28H31Cl2N3O7S2/c1-18-15-33(19(2)17-34)28(35)25-14-22(31-41(36,37)23-9-4-20(29)5-10-23)8-13-26(25)40-27(18)16-32(3)42(38,39)24-11-6-21(30)7-12-24/h4-14,18-19,27,31,34H,15-17H2,1-3H3/t18-,19+,27+/m0/s1. The van der Waals surface area contributed by atoms with Crippen molar-refractivity contribution in [3.8, 4) is 5.75 Å². The van der Waals surface area contributed by atoms with Crippen molar-refractivity contribution in [2.24, 2.45) is 5.92 Å². The van der Waals surface area contributed by atoms with Gasteiger partial charge in [0.2, 0.25) is 10.0 Å². The van der Waals surface area contributed by atoms with E-state index in [1.54, 1.807) is 6.92 Å². The quantitative estimate of drug-likeness (QED) is 0.350. The number of aliphatic hydroxyl groups is 1. The van der Waals surface area contributed by atoms with Crippen molar-refractivity contribution in [2.45, 2.75) is 35.8 Å². The minimum atomic E-state index is -4.00. The Morgan fingerprint density at radius 3 is 2.14 bits per heavy atom. The molecule has 1 amide bonds. The highest BCUT2D eigenvalue weighted by molar-refractivity contribution is 7.92. The largest absolute Gasteiger partial charge is 0.488 e. The molecule has 3 aromatic rings. The van der Waals surface area contributed by atoms with Crippen LogP contribution in [0.3, 0.4) is 0 Å². The number of carbonyl (C=O) groups is 1. The highest BCUT2D eigenvalue weighted by Gasteiger charge is 2.35. The number of sulfonamides is 2. The summed E-state index contributed by atoms with van der Waals surface area (Å²) in [5.41, 5.74) is 0.177. The van der Waals surface area contributed by atoms with E-state index in [0.29, 0.717) is 10.0 Å². The molecule has 1 aliphatic heterocycles. The van der Waals surface area contributed by atoms with Gasteiger partial charge in [-0.3, -0.25) is 9.52 Å². The first-order valence-electron chi connectivity index (χ1n) is 13.0. The molecule has 0 spiro atoms. The van der Waals surface area contributed by atoms with Crippen LogP contribution in [0.4, 0.5) is 5.69 Å². The van der Waals surface area contributed by atoms with Crippen molar-refractivity contribution >= 4 is 54.8 Å². The fraction of sp³-hybridized carbons (Fsp3) is 0.321. The lowest BCUT2D eigenvalue weighted by Gasteiger charge is -2.38. The summed E-state index contributed by atoms with van der Waals surface area (Å²) in [4.78, 5) is 15.2. The van der Waals surface area contributed by atoms with Gasteiger partial charge in [0.1, 0.15) is 11.9 Å². The number of amides is 1. The smallest absolute Gasteiger partial charge is 0.261 e. The molecule has 3 atom stereocenters. The maximum atomic E-state index is 13.7. The van der Waals surface area contributed by atoms with E-state index in [1.165, 1.54) is 83.0 Å². The Balaban J connectivity index is 1.68. The Hall–Kier alpha value is -2.87. The molecule has 14 heteroatoms. The number of benzene rings is 3. The van der Waals surface area contributed by atoms with Crippen molar-refractivity contribution in [3.63, 3.8) is 0 Å². The lowest BCUT2D eigenvalue weighted by atomic mass is 9.99. The van der Waals surface area contributed by atoms with E-state index >= 15 is 0 Å². The minimum absolute atomic E-state index is 0.0180. The van der Waals surface area contributed by atoms with Gasteiger partial charge >= 0.3 is 0 Å². The Morgan fingerprint density at radius 2 is 1.57 bits per heavy atom. The fourth-order valence-electron chi connectivity index (χ4n) is 4.47. The van der Waals surface area contributed by atoms with Crippen LogP contribution in [0, 0.1) is 5.92 Å². The van der Waals surface area contributed by atoms with Crippen LogP contribution in [0.2, 0.25) is 10.0 Å². The molecule has 10 nitrogen and oxygen atoms in total. The number of carbonyl (C=O) groups excluding carboxylic acids is 1. The summed E-state index contributed by atoms with van der Waals surface area (Å²) in [6.07, 6.45) is -0.700. The molecule has 1 heterocycles. The predicted octanol–water partition coefficient (Wildman–Crippen LogP) is 4.34. The van der Waals surface area contributed by atoms with Gasteiger partial charge < -0.3 is 14.7 Å². The van der Waals surface area contributed by atoms with Gasteiger partial charge in [0.05, 0.1) is 34.5 Å². The molecule has 2 N–H and O–H groups in total. The molecule has 1 aliphatic rings. The monoisotopic (exact) mass is 655 g/mol. The number of anilines is 1. The van der Waals surface area contributed by atoms with Crippen LogP contribution in [0.1, 0.15) is 24.2 Å². The Bertz CT molecular complexity index is 1650. The van der Waals surface area contributed by atoms with E-state index in [0.717, 1.165) is 0 Å². The van der Waals surface area contributed by atoms with Gasteiger partial charge in [-0.15, -0.1) is 0 Å². The molecule has 42 heavy (non-hydrogen) atoms. The third-order valence-corrected chi connectivity index (χ3v) is 10.7. The van der Waals surface area contributed by atoms with E-state index in [2.05, 4.69) is 4.72 Å². The van der Waals surface area contributed by atoms with E-state index in [1.807, 2.05) is 6.92 Å². The van der Waals surface area contributed by atoms with Gasteiger partial charge in [0.25, 0.3) is 15.9 Å². The average Bonchev–Trinajstić information content (AvgIpc) is 2.95. The van der Waals surface area contributed by atoms with E-state index in [-0.39, 0.29) is 52.4 Å². The zero-order valence-corrected chi connectivity index (χ0v) is 26.2. The van der Waals surface area contributed by atoms with Crippen LogP contribution < -0.4 is 9.46 Å². The number of hydrogen-bond donors (Lipinski definition) is 2. The van der Waals surface area contributed by atoms with Crippen molar-refractivity contribution in [2.75, 3.05) is 31.5 Å². The summed E-state index contributed by atoms with van der Waals surface area (Å²) in [5.74, 6) is -0.660. The van der Waals surface area contributed by atoms with Crippen LogP contribution in [0.5, 0.6) is 5.75 Å². The molecule has 3 aromatic carbocycles. The maximum Gasteiger partial charge on any atom is 0.261 e. The van der Waals surface area contributed by atoms with Crippen LogP contribution in [0.15, 0.2) is 76.5 Å². The molecule has 0 saturated heterocycles. The SMILES string of the molecule is C[C@H](CO)N1C[C@H](C)[C@@H](CN(C)S(=O)(=O)c2ccc(Cl)cc2)Oc2ccc(NS(=O)(=O)c3ccc(Cl)cc3)cc2C1=O. The molecule has 0 radical (unpaired) electrons. The number of likely N-dealkylation sites (N-methyl/N-ethyl adjacent to an activating group) is 1. The van der Waals surface area contributed by atoms with Crippen molar-refractivity contribution < 1.29 is 31.5 Å². The summed E-state index contributed by atoms with van der Waals surface area (Å²) < 4.78 is 62.4. The second kappa shape index (κ2) is 12.8. The van der Waals surface area contributed by atoms with Gasteiger partial charge in [-0.25, -0.2) is 16.8 Å². The number of halogens is 2. The normalized spacial score (nSPS) is 18.5. The molecular formula is C28H31Cl2N3O7S2. The fourth-order valence-corrected chi connectivity index (χ4v) is 6.95. The first-order valence-corrected chi connectivity index (χ1v) is 16.6. The molecule has 0 aliphatic carbocycles. The number of rotatable bonds is 9. The number of aliphatic hydroxyl groups excluding tert-OH is 1. The lowest BCUT2D eigenvalue weighted by Crippen LogP contribution is -2.50. The molecule has 0 unspecified atom stereocenters. The second-order valence-corrected chi connectivity index (χ2v) is 14.7. The summed E-state index contributed by atoms with van der Waals surface area (Å²) in [7, 11) is -6.45. The zero-order chi connectivity index (χ0) is 30.8. The van der Waals surface area contributed by atoms with Crippen molar-refractivity contribution in [1.82, 2.24) is 9.21 Å². The van der Waals surface area contributed by atoms with Crippen molar-refractivity contribution in [3.05, 3.63) is 82.3 Å². The Kier molecular flexibility index (Phi) is 9.75. The third-order valence-electron chi connectivity index (χ3n) is 7.00. The van der Waals surface area contributed by atoms with Crippen LogP contribution in [-0.2, 0) is 20.0 Å². The van der Waals surface area contributed by atoms with Gasteiger partial charge in [-0.1, -0.05) is 30.1 Å². The molecule has 0 saturated carbocycles. The van der Waals surface area contributed by atoms with Gasteiger partial charge in [0.15, 0.2) is 0 Å². The first kappa shape index (κ1) is 32.1. The van der Waals surface area contributed by atoms with Crippen molar-refractivity contribution in [1.29, 1.82) is 0 Å². The van der Waals surface area contributed by atoms with Crippen LogP contribution in [-0.4, -0.2) is 75.9 Å². The summed E-state index contributed by atoms with van der Waals surface area (Å²) in [5, 5.41) is 10.7. The first-order chi connectivity index (χ1) is 19.7. The van der Waals surface area contributed by atoms with Gasteiger partial charge in [-0.05, 0) is 73.7 Å². The third kappa shape index (κ3) is 7.01. The highest BCUT2D eigenvalue weighted by Crippen LogP contribution is 2.32.